The van der Waals surface area contributed by atoms with Gasteiger partial charge in [-0.2, -0.15) is 0 Å². The first-order chi connectivity index (χ1) is 27.0. The molecule has 56 heavy (non-hydrogen) atoms. The fourth-order valence-corrected chi connectivity index (χ4v) is 7.94. The van der Waals surface area contributed by atoms with Crippen molar-refractivity contribution in [3.8, 4) is 17.1 Å². The van der Waals surface area contributed by atoms with Crippen LogP contribution in [-0.2, 0) is 30.9 Å². The maximum atomic E-state index is 15.9. The number of hydrazine groups is 1. The Labute approximate surface area is 325 Å². The molecule has 3 aromatic heterocycles. The fraction of sp³-hybridized carbons (Fsp3) is 0.317. The molecular weight excluding hydrogens is 748 g/mol. The number of amides is 1. The predicted octanol–water partition coefficient (Wildman–Crippen LogP) is 7.77. The highest BCUT2D eigenvalue weighted by molar-refractivity contribution is 6.30. The van der Waals surface area contributed by atoms with Crippen molar-refractivity contribution in [2.75, 3.05) is 5.32 Å². The number of carbonyl (C=O) groups excluding carboxylic acids is 1. The molecule has 2 aliphatic rings. The summed E-state index contributed by atoms with van der Waals surface area (Å²) in [4.78, 5) is 26.9. The lowest BCUT2D eigenvalue weighted by atomic mass is 9.75. The van der Waals surface area contributed by atoms with Crippen LogP contribution in [0.15, 0.2) is 79.3 Å². The summed E-state index contributed by atoms with van der Waals surface area (Å²) >= 11 is 5.84. The topological polar surface area (TPSA) is 111 Å². The Morgan fingerprint density at radius 3 is 2.64 bits per heavy atom. The number of ether oxygens (including phenoxy) is 1. The Kier molecular flexibility index (Phi) is 10.5. The van der Waals surface area contributed by atoms with E-state index in [1.807, 2.05) is 29.0 Å². The lowest BCUT2D eigenvalue weighted by Gasteiger charge is -2.34. The van der Waals surface area contributed by atoms with Gasteiger partial charge in [-0.05, 0) is 86.7 Å². The first-order valence-electron chi connectivity index (χ1n) is 18.5. The Morgan fingerprint density at radius 2 is 1.82 bits per heavy atom. The molecule has 5 unspecified atom stereocenters. The van der Waals surface area contributed by atoms with Crippen LogP contribution in [0.4, 0.5) is 23.2 Å². The monoisotopic (exact) mass is 786 g/mol. The molecule has 3 N–H and O–H groups in total. The minimum Gasteiger partial charge on any atom is -0.473 e. The Balaban J connectivity index is 1.05. The number of benzene rings is 3. The van der Waals surface area contributed by atoms with Crippen LogP contribution >= 0.6 is 11.6 Å². The van der Waals surface area contributed by atoms with E-state index in [2.05, 4.69) is 26.1 Å². The van der Waals surface area contributed by atoms with Crippen molar-refractivity contribution >= 4 is 34.2 Å². The van der Waals surface area contributed by atoms with E-state index in [0.717, 1.165) is 23.3 Å². The molecule has 8 rings (SSSR count). The average Bonchev–Trinajstić information content (AvgIpc) is 3.89. The van der Waals surface area contributed by atoms with Crippen molar-refractivity contribution < 1.29 is 27.1 Å². The highest BCUT2D eigenvalue weighted by Gasteiger charge is 2.46. The maximum absolute atomic E-state index is 15.9. The van der Waals surface area contributed by atoms with Gasteiger partial charge in [0, 0.05) is 59.0 Å². The Bertz CT molecular complexity index is 2420. The molecule has 1 saturated heterocycles. The zero-order valence-electron chi connectivity index (χ0n) is 30.6. The summed E-state index contributed by atoms with van der Waals surface area (Å²) in [6.07, 6.45) is 2.97. The van der Waals surface area contributed by atoms with Crippen LogP contribution in [0.25, 0.3) is 22.3 Å². The Morgan fingerprint density at radius 1 is 0.982 bits per heavy atom. The van der Waals surface area contributed by atoms with Gasteiger partial charge in [-0.3, -0.25) is 15.6 Å². The van der Waals surface area contributed by atoms with Crippen LogP contribution in [0, 0.1) is 29.3 Å². The smallest absolute Gasteiger partial charge is 0.227 e. The van der Waals surface area contributed by atoms with Crippen molar-refractivity contribution in [1.82, 2.24) is 34.9 Å². The van der Waals surface area contributed by atoms with E-state index in [1.165, 1.54) is 18.2 Å². The van der Waals surface area contributed by atoms with Gasteiger partial charge in [0.15, 0.2) is 0 Å². The van der Waals surface area contributed by atoms with Gasteiger partial charge in [-0.1, -0.05) is 23.7 Å². The van der Waals surface area contributed by atoms with E-state index in [4.69, 9.17) is 21.3 Å². The Hall–Kier alpha value is -5.31. The number of nitrogens with zero attached hydrogens (tertiary/aromatic N) is 5. The number of pyridine rings is 1. The van der Waals surface area contributed by atoms with E-state index >= 15 is 13.2 Å². The molecule has 1 aliphatic carbocycles. The molecule has 290 valence electrons. The first kappa shape index (κ1) is 37.6. The van der Waals surface area contributed by atoms with Crippen LogP contribution in [0.1, 0.15) is 49.3 Å². The van der Waals surface area contributed by atoms with Gasteiger partial charge in [0.1, 0.15) is 36.1 Å². The molecule has 15 heteroatoms. The summed E-state index contributed by atoms with van der Waals surface area (Å²) in [6, 6.07) is 16.2. The van der Waals surface area contributed by atoms with Gasteiger partial charge >= 0.3 is 0 Å². The van der Waals surface area contributed by atoms with Crippen LogP contribution in [-0.4, -0.2) is 48.2 Å². The lowest BCUT2D eigenvalue weighted by molar-refractivity contribution is -0.122. The summed E-state index contributed by atoms with van der Waals surface area (Å²) < 4.78 is 70.6. The molecule has 0 radical (unpaired) electrons. The summed E-state index contributed by atoms with van der Waals surface area (Å²) in [5.74, 6) is -2.06. The fourth-order valence-electron chi connectivity index (χ4n) is 7.78. The molecule has 0 bridgehead atoms. The second-order valence-electron chi connectivity index (χ2n) is 14.4. The zero-order valence-corrected chi connectivity index (χ0v) is 31.3. The van der Waals surface area contributed by atoms with E-state index in [0.29, 0.717) is 36.5 Å². The SMILES string of the molecule is CCn1cncc1Cn1c(Cc2cc(F)c(-c3cccc(OCc4ccc(Cl)cc4F)n3)cc2F)nc2cc(NC(=O)C3CC(F)C4NNC(C)C4C3)ccc21. The van der Waals surface area contributed by atoms with Crippen LogP contribution in [0.2, 0.25) is 5.02 Å². The van der Waals surface area contributed by atoms with Crippen molar-refractivity contribution in [2.24, 2.45) is 11.8 Å². The number of rotatable bonds is 11. The quantitative estimate of drug-likeness (QED) is 0.115. The highest BCUT2D eigenvalue weighted by atomic mass is 35.5. The molecule has 10 nitrogen and oxygen atoms in total. The van der Waals surface area contributed by atoms with E-state index in [1.54, 1.807) is 42.9 Å². The van der Waals surface area contributed by atoms with Gasteiger partial charge in [0.2, 0.25) is 11.8 Å². The lowest BCUT2D eigenvalue weighted by Crippen LogP contribution is -2.46. The number of hydrogen-bond acceptors (Lipinski definition) is 7. The van der Waals surface area contributed by atoms with Crippen LogP contribution in [0.3, 0.4) is 0 Å². The van der Waals surface area contributed by atoms with Crippen molar-refractivity contribution in [3.63, 3.8) is 0 Å². The molecule has 0 spiro atoms. The predicted molar refractivity (Wildman–Crippen MR) is 204 cm³/mol. The molecule has 1 saturated carbocycles. The van der Waals surface area contributed by atoms with Gasteiger partial charge in [-0.15, -0.1) is 0 Å². The molecule has 4 heterocycles. The molecule has 1 amide bonds. The highest BCUT2D eigenvalue weighted by Crippen LogP contribution is 2.37. The summed E-state index contributed by atoms with van der Waals surface area (Å²) in [5.41, 5.74) is 9.19. The zero-order chi connectivity index (χ0) is 39.1. The maximum Gasteiger partial charge on any atom is 0.227 e. The van der Waals surface area contributed by atoms with E-state index in [9.17, 15) is 9.18 Å². The summed E-state index contributed by atoms with van der Waals surface area (Å²) in [5, 5.41) is 3.22. The number of alkyl halides is 1. The minimum absolute atomic E-state index is 0.000535. The van der Waals surface area contributed by atoms with E-state index in [-0.39, 0.29) is 76.6 Å². The number of anilines is 1. The van der Waals surface area contributed by atoms with Crippen molar-refractivity contribution in [2.45, 2.75) is 71.1 Å². The average molecular weight is 787 g/mol. The number of carbonyl (C=O) groups is 1. The number of nitrogens with one attached hydrogen (secondary N) is 3. The van der Waals surface area contributed by atoms with Crippen LogP contribution in [0.5, 0.6) is 5.88 Å². The van der Waals surface area contributed by atoms with E-state index < -0.39 is 29.5 Å². The third kappa shape index (κ3) is 7.60. The summed E-state index contributed by atoms with van der Waals surface area (Å²) in [7, 11) is 0. The molecule has 5 atom stereocenters. The van der Waals surface area contributed by atoms with Crippen LogP contribution < -0.4 is 20.9 Å². The minimum atomic E-state index is -1.15. The molecular formula is C41H39ClF4N8O2. The standard InChI is InChI=1S/C41H39ClF4N8O2/c1-3-53-21-47-18-28(53)19-54-37-10-9-27(48-41(55)25-11-29-22(2)51-52-40(29)34(46)13-25)16-36(37)49-38(54)14-24-12-33(45)30(17-32(24)44)35-5-4-6-39(50-35)56-20-23-7-8-26(42)15-31(23)43/h4-10,12,15-18,21-22,25,29,34,40,51-52H,3,11,13-14,19-20H2,1-2H3,(H,48,55). The molecule has 3 aromatic carbocycles. The number of aromatic nitrogens is 5. The second kappa shape index (κ2) is 15.7. The number of hydrogen-bond donors (Lipinski definition) is 3. The number of imidazole rings is 2. The number of aryl methyl sites for hydroxylation is 1. The van der Waals surface area contributed by atoms with Gasteiger partial charge in [-0.25, -0.2) is 32.5 Å². The second-order valence-corrected chi connectivity index (χ2v) is 14.9. The number of halogens is 5. The normalized spacial score (nSPS) is 20.7. The largest absolute Gasteiger partial charge is 0.473 e. The molecule has 2 fully saturated rings. The third-order valence-corrected chi connectivity index (χ3v) is 11.1. The van der Waals surface area contributed by atoms with Gasteiger partial charge in [0.05, 0.1) is 41.3 Å². The number of fused-ring (bicyclic) bond motifs is 2. The first-order valence-corrected chi connectivity index (χ1v) is 18.9. The third-order valence-electron chi connectivity index (χ3n) is 10.8. The molecule has 6 aromatic rings. The van der Waals surface area contributed by atoms with Gasteiger partial charge < -0.3 is 19.2 Å². The van der Waals surface area contributed by atoms with Crippen molar-refractivity contribution in [3.05, 3.63) is 124 Å². The van der Waals surface area contributed by atoms with Crippen molar-refractivity contribution in [1.29, 1.82) is 0 Å². The van der Waals surface area contributed by atoms with Gasteiger partial charge in [0.25, 0.3) is 0 Å². The molecule has 1 aliphatic heterocycles. The summed E-state index contributed by atoms with van der Waals surface area (Å²) in [6.45, 7) is 4.88.